The number of hydrogen-bond donors (Lipinski definition) is 2. The molecule has 21 heavy (non-hydrogen) atoms. The van der Waals surface area contributed by atoms with Crippen molar-refractivity contribution in [3.63, 3.8) is 0 Å². The molecule has 2 aromatic rings. The second-order valence-corrected chi connectivity index (χ2v) is 5.38. The molecule has 1 amide bonds. The van der Waals surface area contributed by atoms with Crippen molar-refractivity contribution in [2.24, 2.45) is 0 Å². The van der Waals surface area contributed by atoms with Crippen LogP contribution in [0.15, 0.2) is 18.3 Å². The average Bonchev–Trinajstić information content (AvgIpc) is 2.88. The third-order valence-electron chi connectivity index (χ3n) is 2.70. The predicted molar refractivity (Wildman–Crippen MR) is 83.6 cm³/mol. The summed E-state index contributed by atoms with van der Waals surface area (Å²) in [5.74, 6) is 0.518. The lowest BCUT2D eigenvalue weighted by atomic mass is 10.2. The van der Waals surface area contributed by atoms with E-state index in [-0.39, 0.29) is 17.5 Å². The van der Waals surface area contributed by atoms with Gasteiger partial charge in [0, 0.05) is 11.6 Å². The number of ether oxygens (including phenoxy) is 1. The maximum absolute atomic E-state index is 11.8. The number of nitrogens with one attached hydrogen (secondary N) is 2. The molecule has 0 saturated carbocycles. The normalized spacial score (nSPS) is 10.5. The topological polar surface area (TPSA) is 67.0 Å². The largest absolute Gasteiger partial charge is 0.482 e. The van der Waals surface area contributed by atoms with E-state index in [4.69, 9.17) is 39.5 Å². The fourth-order valence-electron chi connectivity index (χ4n) is 1.62. The van der Waals surface area contributed by atoms with Gasteiger partial charge in [-0.3, -0.25) is 9.89 Å². The standard InChI is InChI=1S/C13H12Cl3N3O2/c1-2-7-5-17-19-13(7)18-12(20)6-21-11-4-9(15)8(14)3-10(11)16/h3-5H,2,6H2,1H3,(H2,17,18,19,20). The number of aryl methyl sites for hydroxylation is 1. The highest BCUT2D eigenvalue weighted by Crippen LogP contribution is 2.33. The number of nitrogens with zero attached hydrogens (tertiary/aromatic N) is 1. The molecule has 0 unspecified atom stereocenters. The van der Waals surface area contributed by atoms with Gasteiger partial charge in [0.05, 0.1) is 21.3 Å². The van der Waals surface area contributed by atoms with Gasteiger partial charge >= 0.3 is 0 Å². The SMILES string of the molecule is CCc1cn[nH]c1NC(=O)COc1cc(Cl)c(Cl)cc1Cl. The Hall–Kier alpha value is -1.43. The third-order valence-corrected chi connectivity index (χ3v) is 3.71. The molecule has 1 heterocycles. The summed E-state index contributed by atoms with van der Waals surface area (Å²) in [6, 6.07) is 2.93. The van der Waals surface area contributed by atoms with Crippen LogP contribution >= 0.6 is 34.8 Å². The Labute approximate surface area is 136 Å². The number of rotatable bonds is 5. The van der Waals surface area contributed by atoms with E-state index in [1.165, 1.54) is 12.1 Å². The lowest BCUT2D eigenvalue weighted by Gasteiger charge is -2.09. The van der Waals surface area contributed by atoms with Gasteiger partial charge in [-0.25, -0.2) is 0 Å². The molecule has 2 N–H and O–H groups in total. The first-order valence-electron chi connectivity index (χ1n) is 6.10. The zero-order valence-corrected chi connectivity index (χ0v) is 13.3. The molecule has 0 radical (unpaired) electrons. The average molecular weight is 349 g/mol. The third kappa shape index (κ3) is 4.03. The monoisotopic (exact) mass is 347 g/mol. The minimum absolute atomic E-state index is 0.208. The van der Waals surface area contributed by atoms with Crippen LogP contribution in [0.2, 0.25) is 15.1 Å². The van der Waals surface area contributed by atoms with Crippen LogP contribution < -0.4 is 10.1 Å². The van der Waals surface area contributed by atoms with Crippen molar-refractivity contribution in [2.75, 3.05) is 11.9 Å². The second kappa shape index (κ2) is 7.02. The van der Waals surface area contributed by atoms with Gasteiger partial charge in [-0.05, 0) is 12.5 Å². The fraction of sp³-hybridized carbons (Fsp3) is 0.231. The zero-order valence-electron chi connectivity index (χ0n) is 11.0. The van der Waals surface area contributed by atoms with Crippen molar-refractivity contribution in [1.82, 2.24) is 10.2 Å². The molecule has 8 heteroatoms. The van der Waals surface area contributed by atoms with Crippen LogP contribution in [0.3, 0.4) is 0 Å². The van der Waals surface area contributed by atoms with Crippen LogP contribution in [0.1, 0.15) is 12.5 Å². The summed E-state index contributed by atoms with van der Waals surface area (Å²) >= 11 is 17.6. The molecular weight excluding hydrogens is 337 g/mol. The van der Waals surface area contributed by atoms with E-state index in [0.717, 1.165) is 12.0 Å². The molecule has 1 aromatic heterocycles. The smallest absolute Gasteiger partial charge is 0.263 e. The Balaban J connectivity index is 1.97. The number of anilines is 1. The number of carbonyl (C=O) groups is 1. The van der Waals surface area contributed by atoms with Crippen LogP contribution in [0.5, 0.6) is 5.75 Å². The van der Waals surface area contributed by atoms with Crippen molar-refractivity contribution in [3.05, 3.63) is 39.0 Å². The van der Waals surface area contributed by atoms with Gasteiger partial charge in [0.1, 0.15) is 11.6 Å². The summed E-state index contributed by atoms with van der Waals surface area (Å²) in [7, 11) is 0. The lowest BCUT2D eigenvalue weighted by Crippen LogP contribution is -2.21. The molecule has 0 atom stereocenters. The van der Waals surface area contributed by atoms with Gasteiger partial charge in [0.25, 0.3) is 5.91 Å². The summed E-state index contributed by atoms with van der Waals surface area (Å²) in [5.41, 5.74) is 0.913. The molecule has 2 rings (SSSR count). The Bertz CT molecular complexity index is 658. The maximum atomic E-state index is 11.8. The van der Waals surface area contributed by atoms with Crippen molar-refractivity contribution in [3.8, 4) is 5.75 Å². The molecule has 5 nitrogen and oxygen atoms in total. The van der Waals surface area contributed by atoms with Crippen molar-refractivity contribution in [1.29, 1.82) is 0 Å². The fourth-order valence-corrected chi connectivity index (χ4v) is 2.21. The number of halogens is 3. The summed E-state index contributed by atoms with van der Waals surface area (Å²) in [5, 5.41) is 10.2. The molecule has 0 fully saturated rings. The molecular formula is C13H12Cl3N3O2. The van der Waals surface area contributed by atoms with Crippen molar-refractivity contribution >= 4 is 46.5 Å². The molecule has 0 aliphatic carbocycles. The molecule has 112 valence electrons. The van der Waals surface area contributed by atoms with E-state index in [9.17, 15) is 4.79 Å². The van der Waals surface area contributed by atoms with Crippen molar-refractivity contribution < 1.29 is 9.53 Å². The molecule has 0 bridgehead atoms. The van der Waals surface area contributed by atoms with Crippen molar-refractivity contribution in [2.45, 2.75) is 13.3 Å². The highest BCUT2D eigenvalue weighted by Gasteiger charge is 2.11. The van der Waals surface area contributed by atoms with E-state index in [1.54, 1.807) is 6.20 Å². The number of H-pyrrole nitrogens is 1. The number of aromatic nitrogens is 2. The Morgan fingerprint density at radius 3 is 2.71 bits per heavy atom. The van der Waals surface area contributed by atoms with E-state index < -0.39 is 0 Å². The predicted octanol–water partition coefficient (Wildman–Crippen LogP) is 3.95. The number of amides is 1. The molecule has 0 saturated heterocycles. The first kappa shape index (κ1) is 15.9. The Kier molecular flexibility index (Phi) is 5.33. The molecule has 0 spiro atoms. The van der Waals surface area contributed by atoms with Gasteiger partial charge < -0.3 is 10.1 Å². The van der Waals surface area contributed by atoms with Crippen LogP contribution in [-0.2, 0) is 11.2 Å². The first-order chi connectivity index (χ1) is 10.0. The highest BCUT2D eigenvalue weighted by molar-refractivity contribution is 6.43. The summed E-state index contributed by atoms with van der Waals surface area (Å²) < 4.78 is 5.34. The first-order valence-corrected chi connectivity index (χ1v) is 7.24. The lowest BCUT2D eigenvalue weighted by molar-refractivity contribution is -0.118. The number of aromatic amines is 1. The van der Waals surface area contributed by atoms with E-state index >= 15 is 0 Å². The van der Waals surface area contributed by atoms with Gasteiger partial charge in [-0.1, -0.05) is 41.7 Å². The van der Waals surface area contributed by atoms with Crippen LogP contribution in [0.4, 0.5) is 5.82 Å². The van der Waals surface area contributed by atoms with Gasteiger partial charge in [-0.15, -0.1) is 0 Å². The molecule has 0 aliphatic rings. The number of benzene rings is 1. The molecule has 1 aromatic carbocycles. The van der Waals surface area contributed by atoms with E-state index in [1.807, 2.05) is 6.92 Å². The van der Waals surface area contributed by atoms with Crippen LogP contribution in [-0.4, -0.2) is 22.7 Å². The zero-order chi connectivity index (χ0) is 15.4. The summed E-state index contributed by atoms with van der Waals surface area (Å²) in [6.45, 7) is 1.76. The van der Waals surface area contributed by atoms with E-state index in [0.29, 0.717) is 21.6 Å². The van der Waals surface area contributed by atoms with Gasteiger partial charge in [-0.2, -0.15) is 5.10 Å². The van der Waals surface area contributed by atoms with Gasteiger partial charge in [0.15, 0.2) is 6.61 Å². The quantitative estimate of drug-likeness (QED) is 0.804. The van der Waals surface area contributed by atoms with Crippen LogP contribution in [0.25, 0.3) is 0 Å². The van der Waals surface area contributed by atoms with Crippen LogP contribution in [0, 0.1) is 0 Å². The minimum atomic E-state index is -0.337. The maximum Gasteiger partial charge on any atom is 0.263 e. The van der Waals surface area contributed by atoms with Gasteiger partial charge in [0.2, 0.25) is 0 Å². The number of carbonyl (C=O) groups excluding carboxylic acids is 1. The summed E-state index contributed by atoms with van der Waals surface area (Å²) in [4.78, 5) is 11.8. The summed E-state index contributed by atoms with van der Waals surface area (Å²) in [6.07, 6.45) is 2.41. The number of hydrogen-bond acceptors (Lipinski definition) is 3. The Morgan fingerprint density at radius 2 is 2.00 bits per heavy atom. The minimum Gasteiger partial charge on any atom is -0.482 e. The second-order valence-electron chi connectivity index (χ2n) is 4.16. The Morgan fingerprint density at radius 1 is 1.29 bits per heavy atom. The highest BCUT2D eigenvalue weighted by atomic mass is 35.5. The van der Waals surface area contributed by atoms with E-state index in [2.05, 4.69) is 15.5 Å². The molecule has 0 aliphatic heterocycles.